The number of rotatable bonds is 4. The maximum Gasteiger partial charge on any atom is 0.268 e. The molecule has 0 spiro atoms. The Morgan fingerprint density at radius 2 is 1.71 bits per heavy atom. The number of nitrogens with one attached hydrogen (secondary N) is 1. The predicted octanol–water partition coefficient (Wildman–Crippen LogP) is 2.40. The molecule has 0 saturated carbocycles. The first-order chi connectivity index (χ1) is 11.5. The zero-order valence-electron chi connectivity index (χ0n) is 12.5. The van der Waals surface area contributed by atoms with Gasteiger partial charge in [0, 0.05) is 11.5 Å². The van der Waals surface area contributed by atoms with E-state index in [0.717, 1.165) is 11.5 Å². The van der Waals surface area contributed by atoms with Gasteiger partial charge in [0.05, 0.1) is 16.1 Å². The van der Waals surface area contributed by atoms with Crippen molar-refractivity contribution < 1.29 is 18.4 Å². The third-order valence-electron chi connectivity index (χ3n) is 3.49. The van der Waals surface area contributed by atoms with Gasteiger partial charge in [0.25, 0.3) is 15.9 Å². The largest absolute Gasteiger partial charge is 0.288 e. The summed E-state index contributed by atoms with van der Waals surface area (Å²) in [6, 6.07) is 16.7. The molecule has 0 aliphatic rings. The predicted molar refractivity (Wildman–Crippen MR) is 89.9 cm³/mol. The number of fused-ring (bicyclic) bond motifs is 1. The fourth-order valence-electron chi connectivity index (χ4n) is 2.43. The highest BCUT2D eigenvalue weighted by molar-refractivity contribution is 7.90. The highest BCUT2D eigenvalue weighted by Crippen LogP contribution is 2.26. The van der Waals surface area contributed by atoms with Gasteiger partial charge in [-0.3, -0.25) is 10.0 Å². The van der Waals surface area contributed by atoms with Crippen LogP contribution in [0.25, 0.3) is 17.0 Å². The fraction of sp³-hybridized carbons (Fsp3) is 0. The zero-order chi connectivity index (χ0) is 17.2. The molecule has 3 rings (SSSR count). The van der Waals surface area contributed by atoms with E-state index in [1.54, 1.807) is 48.5 Å². The molecule has 0 radical (unpaired) electrons. The van der Waals surface area contributed by atoms with Gasteiger partial charge < -0.3 is 0 Å². The molecule has 0 fully saturated rings. The molecular weight excluding hydrogens is 328 g/mol. The maximum absolute atomic E-state index is 13.0. The summed E-state index contributed by atoms with van der Waals surface area (Å²) in [5, 5.41) is 9.31. The normalized spacial score (nSPS) is 11.9. The van der Waals surface area contributed by atoms with E-state index in [2.05, 4.69) is 0 Å². The Hall–Kier alpha value is -2.90. The number of hydroxylamine groups is 1. The minimum Gasteiger partial charge on any atom is -0.288 e. The lowest BCUT2D eigenvalue weighted by Gasteiger charge is -2.10. The number of aromatic nitrogens is 1. The van der Waals surface area contributed by atoms with Gasteiger partial charge in [0.1, 0.15) is 0 Å². The van der Waals surface area contributed by atoms with Crippen LogP contribution in [0.5, 0.6) is 0 Å². The lowest BCUT2D eigenvalue weighted by atomic mass is 10.2. The van der Waals surface area contributed by atoms with Crippen molar-refractivity contribution in [3.8, 4) is 0 Å². The van der Waals surface area contributed by atoms with Crippen molar-refractivity contribution in [2.45, 2.75) is 4.90 Å². The van der Waals surface area contributed by atoms with Gasteiger partial charge in [-0.15, -0.1) is 0 Å². The van der Waals surface area contributed by atoms with Crippen LogP contribution in [0.2, 0.25) is 0 Å². The summed E-state index contributed by atoms with van der Waals surface area (Å²) in [7, 11) is -3.84. The van der Waals surface area contributed by atoms with E-state index in [1.165, 1.54) is 27.7 Å². The topological polar surface area (TPSA) is 88.4 Å². The second kappa shape index (κ2) is 6.31. The number of hydrogen-bond donors (Lipinski definition) is 2. The second-order valence-electron chi connectivity index (χ2n) is 5.02. The molecular formula is C17H14N2O4S. The van der Waals surface area contributed by atoms with Gasteiger partial charge in [0.2, 0.25) is 0 Å². The molecule has 1 heterocycles. The van der Waals surface area contributed by atoms with Crippen molar-refractivity contribution in [1.82, 2.24) is 9.45 Å². The van der Waals surface area contributed by atoms with Gasteiger partial charge >= 0.3 is 0 Å². The summed E-state index contributed by atoms with van der Waals surface area (Å²) in [4.78, 5) is 11.4. The summed E-state index contributed by atoms with van der Waals surface area (Å²) in [6.45, 7) is 0. The summed E-state index contributed by atoms with van der Waals surface area (Å²) in [5.74, 6) is -0.746. The lowest BCUT2D eigenvalue weighted by molar-refractivity contribution is -0.124. The third-order valence-corrected chi connectivity index (χ3v) is 5.25. The second-order valence-corrected chi connectivity index (χ2v) is 6.81. The Morgan fingerprint density at radius 1 is 1.04 bits per heavy atom. The molecule has 7 heteroatoms. The van der Waals surface area contributed by atoms with Crippen LogP contribution in [0.15, 0.2) is 71.6 Å². The van der Waals surface area contributed by atoms with Gasteiger partial charge in [-0.1, -0.05) is 36.4 Å². The molecule has 2 aromatic carbocycles. The summed E-state index contributed by atoms with van der Waals surface area (Å²) >= 11 is 0. The van der Waals surface area contributed by atoms with E-state index in [9.17, 15) is 13.2 Å². The van der Waals surface area contributed by atoms with Crippen molar-refractivity contribution >= 4 is 32.9 Å². The molecule has 24 heavy (non-hydrogen) atoms. The summed E-state index contributed by atoms with van der Waals surface area (Å²) < 4.78 is 27.2. The van der Waals surface area contributed by atoms with Gasteiger partial charge in [-0.2, -0.15) is 0 Å². The van der Waals surface area contributed by atoms with Crippen LogP contribution in [0.4, 0.5) is 0 Å². The van der Waals surface area contributed by atoms with Crippen molar-refractivity contribution in [1.29, 1.82) is 0 Å². The Kier molecular flexibility index (Phi) is 4.20. The van der Waals surface area contributed by atoms with Crippen LogP contribution >= 0.6 is 0 Å². The molecule has 0 unspecified atom stereocenters. The van der Waals surface area contributed by atoms with Crippen LogP contribution in [0, 0.1) is 0 Å². The monoisotopic (exact) mass is 342 g/mol. The van der Waals surface area contributed by atoms with E-state index in [0.29, 0.717) is 11.2 Å². The fourth-order valence-corrected chi connectivity index (χ4v) is 3.96. The number of benzene rings is 2. The number of para-hydroxylation sites is 1. The standard InChI is InChI=1S/C17H14N2O4S/c20-17(18-21)11-10-14-12-13-6-4-5-9-16(13)19(14)24(22,23)15-7-2-1-3-8-15/h1-12,21H,(H,18,20). The molecule has 6 nitrogen and oxygen atoms in total. The van der Waals surface area contributed by atoms with E-state index >= 15 is 0 Å². The number of carbonyl (C=O) groups excluding carboxylic acids is 1. The number of amides is 1. The third kappa shape index (κ3) is 2.82. The Morgan fingerprint density at radius 3 is 2.42 bits per heavy atom. The number of hydrogen-bond acceptors (Lipinski definition) is 4. The lowest BCUT2D eigenvalue weighted by Crippen LogP contribution is -2.16. The Bertz CT molecular complexity index is 1020. The highest BCUT2D eigenvalue weighted by Gasteiger charge is 2.21. The van der Waals surface area contributed by atoms with Crippen molar-refractivity contribution in [2.24, 2.45) is 0 Å². The average molecular weight is 342 g/mol. The van der Waals surface area contributed by atoms with Crippen LogP contribution in [-0.4, -0.2) is 23.5 Å². The van der Waals surface area contributed by atoms with Crippen LogP contribution in [-0.2, 0) is 14.8 Å². The number of nitrogens with zero attached hydrogens (tertiary/aromatic N) is 1. The summed E-state index contributed by atoms with van der Waals surface area (Å²) in [5.41, 5.74) is 2.29. The molecule has 3 aromatic rings. The van der Waals surface area contributed by atoms with Gasteiger partial charge in [0.15, 0.2) is 0 Å². The molecule has 0 aliphatic carbocycles. The SMILES string of the molecule is O=C(C=Cc1cc2ccccc2n1S(=O)(=O)c1ccccc1)NO. The van der Waals surface area contributed by atoms with Gasteiger partial charge in [-0.25, -0.2) is 17.9 Å². The Balaban J connectivity index is 2.26. The Labute approximate surface area is 138 Å². The van der Waals surface area contributed by atoms with Crippen LogP contribution in [0.1, 0.15) is 5.69 Å². The molecule has 2 N–H and O–H groups in total. The van der Waals surface area contributed by atoms with Crippen LogP contribution < -0.4 is 5.48 Å². The first kappa shape index (κ1) is 16.0. The molecule has 1 amide bonds. The van der Waals surface area contributed by atoms with E-state index in [-0.39, 0.29) is 4.90 Å². The van der Waals surface area contributed by atoms with E-state index in [4.69, 9.17) is 5.21 Å². The van der Waals surface area contributed by atoms with Crippen molar-refractivity contribution in [2.75, 3.05) is 0 Å². The van der Waals surface area contributed by atoms with Crippen LogP contribution in [0.3, 0.4) is 0 Å². The highest BCUT2D eigenvalue weighted by atomic mass is 32.2. The van der Waals surface area contributed by atoms with Crippen molar-refractivity contribution in [3.63, 3.8) is 0 Å². The molecule has 122 valence electrons. The van der Waals surface area contributed by atoms with Crippen molar-refractivity contribution in [3.05, 3.63) is 72.4 Å². The maximum atomic E-state index is 13.0. The quantitative estimate of drug-likeness (QED) is 0.433. The molecule has 0 saturated heterocycles. The smallest absolute Gasteiger partial charge is 0.268 e. The van der Waals surface area contributed by atoms with E-state index < -0.39 is 15.9 Å². The first-order valence-corrected chi connectivity index (χ1v) is 8.51. The summed E-state index contributed by atoms with van der Waals surface area (Å²) in [6.07, 6.45) is 2.40. The zero-order valence-corrected chi connectivity index (χ0v) is 13.3. The van der Waals surface area contributed by atoms with Gasteiger partial charge in [-0.05, 0) is 30.3 Å². The average Bonchev–Trinajstić information content (AvgIpc) is 2.99. The minimum absolute atomic E-state index is 0.146. The first-order valence-electron chi connectivity index (χ1n) is 7.07. The minimum atomic E-state index is -3.84. The molecule has 0 bridgehead atoms. The van der Waals surface area contributed by atoms with E-state index in [1.807, 2.05) is 0 Å². The molecule has 0 atom stereocenters. The molecule has 1 aromatic heterocycles. The number of carbonyl (C=O) groups is 1. The molecule has 0 aliphatic heterocycles.